The van der Waals surface area contributed by atoms with Crippen molar-refractivity contribution in [2.24, 2.45) is 0 Å². The molecular formula is C19H23NO4. The van der Waals surface area contributed by atoms with Crippen LogP contribution in [0.15, 0.2) is 42.5 Å². The Morgan fingerprint density at radius 3 is 2.62 bits per heavy atom. The number of methoxy groups -OCH3 is 1. The standard InChI is InChI=1S/C19H23NO4/c1-4-23-17-9-8-15(13-18(17)22-3)19(21)20-10-11-24-16-7-5-6-14(2)12-16/h5-9,12-13H,4,10-11H2,1-3H3,(H,20,21). The van der Waals surface area contributed by atoms with Crippen LogP contribution in [0.4, 0.5) is 0 Å². The van der Waals surface area contributed by atoms with Crippen LogP contribution in [-0.4, -0.2) is 32.8 Å². The van der Waals surface area contributed by atoms with Crippen LogP contribution in [0.5, 0.6) is 17.2 Å². The second kappa shape index (κ2) is 8.82. The van der Waals surface area contributed by atoms with Gasteiger partial charge in [-0.05, 0) is 49.7 Å². The SMILES string of the molecule is CCOc1ccc(C(=O)NCCOc2cccc(C)c2)cc1OC. The molecule has 128 valence electrons. The van der Waals surface area contributed by atoms with Crippen molar-refractivity contribution in [3.05, 3.63) is 53.6 Å². The monoisotopic (exact) mass is 329 g/mol. The Balaban J connectivity index is 1.86. The van der Waals surface area contributed by atoms with Gasteiger partial charge in [-0.25, -0.2) is 0 Å². The summed E-state index contributed by atoms with van der Waals surface area (Å²) in [5, 5.41) is 2.83. The molecule has 0 aliphatic rings. The lowest BCUT2D eigenvalue weighted by molar-refractivity contribution is 0.0946. The summed E-state index contributed by atoms with van der Waals surface area (Å²) in [7, 11) is 1.55. The van der Waals surface area contributed by atoms with Crippen LogP contribution in [0, 0.1) is 6.92 Å². The summed E-state index contributed by atoms with van der Waals surface area (Å²) in [5.74, 6) is 1.79. The predicted octanol–water partition coefficient (Wildman–Crippen LogP) is 3.21. The Morgan fingerprint density at radius 2 is 1.92 bits per heavy atom. The maximum absolute atomic E-state index is 12.2. The third kappa shape index (κ3) is 4.91. The molecule has 2 aromatic rings. The molecular weight excluding hydrogens is 306 g/mol. The molecule has 0 spiro atoms. The normalized spacial score (nSPS) is 10.1. The van der Waals surface area contributed by atoms with Gasteiger partial charge in [0.15, 0.2) is 11.5 Å². The number of hydrogen-bond donors (Lipinski definition) is 1. The van der Waals surface area contributed by atoms with E-state index in [1.165, 1.54) is 0 Å². The van der Waals surface area contributed by atoms with Gasteiger partial charge in [0.25, 0.3) is 5.91 Å². The summed E-state index contributed by atoms with van der Waals surface area (Å²) in [5.41, 5.74) is 1.66. The average Bonchev–Trinajstić information content (AvgIpc) is 2.59. The van der Waals surface area contributed by atoms with Crippen molar-refractivity contribution in [1.82, 2.24) is 5.32 Å². The number of rotatable bonds is 8. The van der Waals surface area contributed by atoms with E-state index in [0.29, 0.717) is 36.8 Å². The molecule has 2 aromatic carbocycles. The predicted molar refractivity (Wildman–Crippen MR) is 93.2 cm³/mol. The van der Waals surface area contributed by atoms with Crippen molar-refractivity contribution < 1.29 is 19.0 Å². The molecule has 5 heteroatoms. The summed E-state index contributed by atoms with van der Waals surface area (Å²) in [4.78, 5) is 12.2. The van der Waals surface area contributed by atoms with E-state index < -0.39 is 0 Å². The van der Waals surface area contributed by atoms with Crippen molar-refractivity contribution in [1.29, 1.82) is 0 Å². The molecule has 0 aliphatic carbocycles. The lowest BCUT2D eigenvalue weighted by atomic mass is 10.2. The Morgan fingerprint density at radius 1 is 1.08 bits per heavy atom. The van der Waals surface area contributed by atoms with Crippen molar-refractivity contribution in [2.45, 2.75) is 13.8 Å². The number of ether oxygens (including phenoxy) is 3. The minimum absolute atomic E-state index is 0.177. The number of benzene rings is 2. The molecule has 0 aliphatic heterocycles. The van der Waals surface area contributed by atoms with Gasteiger partial charge in [-0.15, -0.1) is 0 Å². The molecule has 0 radical (unpaired) electrons. The molecule has 5 nitrogen and oxygen atoms in total. The Hall–Kier alpha value is -2.69. The van der Waals surface area contributed by atoms with Gasteiger partial charge in [-0.2, -0.15) is 0 Å². The van der Waals surface area contributed by atoms with Crippen molar-refractivity contribution >= 4 is 5.91 Å². The first kappa shape index (κ1) is 17.7. The van der Waals surface area contributed by atoms with E-state index in [1.54, 1.807) is 25.3 Å². The highest BCUT2D eigenvalue weighted by Crippen LogP contribution is 2.27. The molecule has 0 heterocycles. The molecule has 0 atom stereocenters. The zero-order chi connectivity index (χ0) is 17.4. The van der Waals surface area contributed by atoms with E-state index in [9.17, 15) is 4.79 Å². The summed E-state index contributed by atoms with van der Waals surface area (Å²) >= 11 is 0. The zero-order valence-corrected chi connectivity index (χ0v) is 14.3. The van der Waals surface area contributed by atoms with Crippen molar-refractivity contribution in [3.63, 3.8) is 0 Å². The highest BCUT2D eigenvalue weighted by atomic mass is 16.5. The van der Waals surface area contributed by atoms with E-state index in [2.05, 4.69) is 5.32 Å². The molecule has 24 heavy (non-hydrogen) atoms. The first-order chi connectivity index (χ1) is 11.6. The van der Waals surface area contributed by atoms with Gasteiger partial charge in [0.1, 0.15) is 12.4 Å². The Kier molecular flexibility index (Phi) is 6.49. The van der Waals surface area contributed by atoms with Crippen LogP contribution in [0.1, 0.15) is 22.8 Å². The summed E-state index contributed by atoms with van der Waals surface area (Å²) in [6.07, 6.45) is 0. The van der Waals surface area contributed by atoms with Crippen LogP contribution in [0.25, 0.3) is 0 Å². The maximum atomic E-state index is 12.2. The smallest absolute Gasteiger partial charge is 0.251 e. The molecule has 1 amide bonds. The molecule has 0 aromatic heterocycles. The molecule has 0 saturated carbocycles. The number of carbonyl (C=O) groups is 1. The fourth-order valence-corrected chi connectivity index (χ4v) is 2.22. The summed E-state index contributed by atoms with van der Waals surface area (Å²) < 4.78 is 16.3. The fraction of sp³-hybridized carbons (Fsp3) is 0.316. The van der Waals surface area contributed by atoms with Gasteiger partial charge in [-0.3, -0.25) is 4.79 Å². The number of hydrogen-bond acceptors (Lipinski definition) is 4. The minimum Gasteiger partial charge on any atom is -0.493 e. The van der Waals surface area contributed by atoms with Crippen LogP contribution >= 0.6 is 0 Å². The largest absolute Gasteiger partial charge is 0.493 e. The zero-order valence-electron chi connectivity index (χ0n) is 14.3. The van der Waals surface area contributed by atoms with Crippen molar-refractivity contribution in [3.8, 4) is 17.2 Å². The van der Waals surface area contributed by atoms with E-state index in [1.807, 2.05) is 38.1 Å². The number of amides is 1. The molecule has 0 saturated heterocycles. The van der Waals surface area contributed by atoms with E-state index in [0.717, 1.165) is 11.3 Å². The van der Waals surface area contributed by atoms with Gasteiger partial charge in [0.05, 0.1) is 20.3 Å². The van der Waals surface area contributed by atoms with Gasteiger partial charge < -0.3 is 19.5 Å². The minimum atomic E-state index is -0.177. The molecule has 2 rings (SSSR count). The highest BCUT2D eigenvalue weighted by molar-refractivity contribution is 5.94. The first-order valence-electron chi connectivity index (χ1n) is 7.92. The van der Waals surface area contributed by atoms with Gasteiger partial charge in [0.2, 0.25) is 0 Å². The van der Waals surface area contributed by atoms with Crippen LogP contribution in [-0.2, 0) is 0 Å². The Bertz CT molecular complexity index is 685. The van der Waals surface area contributed by atoms with Gasteiger partial charge >= 0.3 is 0 Å². The van der Waals surface area contributed by atoms with Crippen LogP contribution < -0.4 is 19.5 Å². The quantitative estimate of drug-likeness (QED) is 0.756. The van der Waals surface area contributed by atoms with E-state index in [4.69, 9.17) is 14.2 Å². The fourth-order valence-electron chi connectivity index (χ4n) is 2.22. The lowest BCUT2D eigenvalue weighted by Gasteiger charge is -2.11. The third-order valence-electron chi connectivity index (χ3n) is 3.37. The van der Waals surface area contributed by atoms with Crippen LogP contribution in [0.2, 0.25) is 0 Å². The van der Waals surface area contributed by atoms with Gasteiger partial charge in [-0.1, -0.05) is 12.1 Å². The first-order valence-corrected chi connectivity index (χ1v) is 7.92. The second-order valence-electron chi connectivity index (χ2n) is 5.22. The average molecular weight is 329 g/mol. The lowest BCUT2D eigenvalue weighted by Crippen LogP contribution is -2.28. The van der Waals surface area contributed by atoms with Crippen LogP contribution in [0.3, 0.4) is 0 Å². The highest BCUT2D eigenvalue weighted by Gasteiger charge is 2.10. The third-order valence-corrected chi connectivity index (χ3v) is 3.37. The molecule has 0 bridgehead atoms. The van der Waals surface area contributed by atoms with E-state index >= 15 is 0 Å². The summed E-state index contributed by atoms with van der Waals surface area (Å²) in [6, 6.07) is 12.9. The molecule has 1 N–H and O–H groups in total. The van der Waals surface area contributed by atoms with Gasteiger partial charge in [0, 0.05) is 5.56 Å². The number of carbonyl (C=O) groups excluding carboxylic acids is 1. The maximum Gasteiger partial charge on any atom is 0.251 e. The number of nitrogens with one attached hydrogen (secondary N) is 1. The van der Waals surface area contributed by atoms with E-state index in [-0.39, 0.29) is 5.91 Å². The van der Waals surface area contributed by atoms with Crippen molar-refractivity contribution in [2.75, 3.05) is 26.9 Å². The molecule has 0 fully saturated rings. The number of aryl methyl sites for hydroxylation is 1. The topological polar surface area (TPSA) is 56.8 Å². The summed E-state index contributed by atoms with van der Waals surface area (Å²) in [6.45, 7) is 5.27. The molecule has 0 unspecified atom stereocenters. The Labute approximate surface area is 142 Å². The second-order valence-corrected chi connectivity index (χ2v) is 5.22.